The lowest BCUT2D eigenvalue weighted by Crippen LogP contribution is -3.11. The molecular formula is C19H22N5O4S+. The Labute approximate surface area is 167 Å². The summed E-state index contributed by atoms with van der Waals surface area (Å²) in [6.07, 6.45) is 0. The van der Waals surface area contributed by atoms with Crippen LogP contribution in [0.1, 0.15) is 12.7 Å². The highest BCUT2D eigenvalue weighted by atomic mass is 32.2. The van der Waals surface area contributed by atoms with Gasteiger partial charge in [-0.1, -0.05) is 18.2 Å². The van der Waals surface area contributed by atoms with E-state index >= 15 is 0 Å². The first-order valence-electron chi connectivity index (χ1n) is 9.00. The first kappa shape index (κ1) is 20.6. The molecule has 5 N–H and O–H groups in total. The number of anilines is 1. The van der Waals surface area contributed by atoms with Crippen LogP contribution in [0.25, 0.3) is 10.9 Å². The van der Waals surface area contributed by atoms with Gasteiger partial charge in [0.2, 0.25) is 10.0 Å². The maximum atomic E-state index is 12.4. The van der Waals surface area contributed by atoms with Crippen molar-refractivity contribution in [1.29, 1.82) is 0 Å². The molecule has 0 radical (unpaired) electrons. The number of sulfonamides is 1. The molecule has 9 nitrogen and oxygen atoms in total. The van der Waals surface area contributed by atoms with Crippen molar-refractivity contribution < 1.29 is 18.1 Å². The molecule has 0 aliphatic rings. The maximum absolute atomic E-state index is 12.4. The van der Waals surface area contributed by atoms with E-state index in [4.69, 9.17) is 5.14 Å². The molecule has 0 saturated carbocycles. The molecule has 152 valence electrons. The van der Waals surface area contributed by atoms with E-state index in [1.54, 1.807) is 24.3 Å². The summed E-state index contributed by atoms with van der Waals surface area (Å²) in [7, 11) is -3.85. The smallest absolute Gasteiger partial charge is 0.279 e. The second kappa shape index (κ2) is 8.52. The predicted molar refractivity (Wildman–Crippen MR) is 109 cm³/mol. The molecule has 3 aromatic rings. The summed E-state index contributed by atoms with van der Waals surface area (Å²) in [4.78, 5) is 32.6. The third kappa shape index (κ3) is 5.25. The number of carbonyl (C=O) groups excluding carboxylic acids is 1. The Bertz CT molecular complexity index is 1210. The molecule has 1 atom stereocenters. The summed E-state index contributed by atoms with van der Waals surface area (Å²) in [5, 5.41) is 8.31. The molecule has 0 aliphatic heterocycles. The number of amides is 1. The highest BCUT2D eigenvalue weighted by molar-refractivity contribution is 7.89. The summed E-state index contributed by atoms with van der Waals surface area (Å²) in [5.41, 5.74) is 0.727. The van der Waals surface area contributed by atoms with Gasteiger partial charge in [-0.15, -0.1) is 0 Å². The van der Waals surface area contributed by atoms with Gasteiger partial charge in [0.05, 0.1) is 22.3 Å². The Morgan fingerprint density at radius 3 is 2.69 bits per heavy atom. The van der Waals surface area contributed by atoms with E-state index in [1.807, 2.05) is 13.0 Å². The molecule has 1 unspecified atom stereocenters. The van der Waals surface area contributed by atoms with Crippen molar-refractivity contribution in [3.8, 4) is 0 Å². The normalized spacial score (nSPS) is 12.6. The zero-order chi connectivity index (χ0) is 21.0. The summed E-state index contributed by atoms with van der Waals surface area (Å²) in [6, 6.07) is 12.8. The van der Waals surface area contributed by atoms with Crippen LogP contribution in [0.5, 0.6) is 0 Å². The summed E-state index contributed by atoms with van der Waals surface area (Å²) in [6.45, 7) is 3.03. The van der Waals surface area contributed by atoms with E-state index in [0.717, 1.165) is 4.90 Å². The van der Waals surface area contributed by atoms with Crippen molar-refractivity contribution in [3.63, 3.8) is 0 Å². The zero-order valence-corrected chi connectivity index (χ0v) is 16.6. The number of likely N-dealkylation sites (N-methyl/N-ethyl adjacent to an activating group) is 1. The number of quaternary nitrogens is 1. The number of nitrogens with two attached hydrogens (primary N) is 1. The van der Waals surface area contributed by atoms with Crippen LogP contribution in [0.4, 0.5) is 5.69 Å². The van der Waals surface area contributed by atoms with Crippen molar-refractivity contribution in [2.75, 3.05) is 18.4 Å². The van der Waals surface area contributed by atoms with Crippen LogP contribution >= 0.6 is 0 Å². The van der Waals surface area contributed by atoms with Crippen molar-refractivity contribution in [1.82, 2.24) is 9.97 Å². The van der Waals surface area contributed by atoms with Crippen LogP contribution < -0.4 is 20.9 Å². The second-order valence-corrected chi connectivity index (χ2v) is 8.17. The lowest BCUT2D eigenvalue weighted by molar-refractivity contribution is -0.904. The molecule has 0 bridgehead atoms. The Morgan fingerprint density at radius 2 is 1.97 bits per heavy atom. The summed E-state index contributed by atoms with van der Waals surface area (Å²) in [5.74, 6) is 0.200. The lowest BCUT2D eigenvalue weighted by Gasteiger charge is -2.17. The van der Waals surface area contributed by atoms with Gasteiger partial charge in [0, 0.05) is 5.69 Å². The summed E-state index contributed by atoms with van der Waals surface area (Å²) < 4.78 is 22.9. The van der Waals surface area contributed by atoms with E-state index in [2.05, 4.69) is 15.3 Å². The van der Waals surface area contributed by atoms with E-state index in [-0.39, 0.29) is 22.9 Å². The van der Waals surface area contributed by atoms with Crippen molar-refractivity contribution in [2.24, 2.45) is 5.14 Å². The number of aromatic amines is 1. The number of primary sulfonamides is 1. The molecule has 10 heteroatoms. The van der Waals surface area contributed by atoms with Gasteiger partial charge in [-0.25, -0.2) is 18.5 Å². The minimum absolute atomic E-state index is 0.0760. The molecule has 29 heavy (non-hydrogen) atoms. The Kier molecular flexibility index (Phi) is 6.06. The number of nitrogens with zero attached hydrogens (tertiary/aromatic N) is 1. The topological polar surface area (TPSA) is 139 Å². The first-order chi connectivity index (χ1) is 13.8. The summed E-state index contributed by atoms with van der Waals surface area (Å²) >= 11 is 0. The van der Waals surface area contributed by atoms with Gasteiger partial charge in [0.15, 0.2) is 12.4 Å². The largest absolute Gasteiger partial charge is 0.321 e. The van der Waals surface area contributed by atoms with Gasteiger partial charge in [0.1, 0.15) is 6.54 Å². The molecular weight excluding hydrogens is 394 g/mol. The van der Waals surface area contributed by atoms with Crippen LogP contribution in [0.2, 0.25) is 0 Å². The van der Waals surface area contributed by atoms with Crippen LogP contribution in [-0.2, 0) is 21.4 Å². The highest BCUT2D eigenvalue weighted by Gasteiger charge is 2.16. The predicted octanol–water partition coefficient (Wildman–Crippen LogP) is -0.386. The monoisotopic (exact) mass is 416 g/mol. The first-order valence-corrected chi connectivity index (χ1v) is 10.5. The van der Waals surface area contributed by atoms with Crippen LogP contribution in [0.15, 0.2) is 58.2 Å². The van der Waals surface area contributed by atoms with Gasteiger partial charge in [-0.05, 0) is 37.3 Å². The Hall–Kier alpha value is -3.08. The average Bonchev–Trinajstić information content (AvgIpc) is 2.67. The van der Waals surface area contributed by atoms with Crippen molar-refractivity contribution in [2.45, 2.75) is 18.4 Å². The second-order valence-electron chi connectivity index (χ2n) is 6.61. The minimum Gasteiger partial charge on any atom is -0.321 e. The fraction of sp³-hybridized carbons (Fsp3) is 0.211. The van der Waals surface area contributed by atoms with Gasteiger partial charge in [-0.2, -0.15) is 0 Å². The molecule has 1 aromatic heterocycles. The van der Waals surface area contributed by atoms with E-state index in [9.17, 15) is 18.0 Å². The number of aromatic nitrogens is 2. The number of H-pyrrole nitrogens is 1. The van der Waals surface area contributed by atoms with Gasteiger partial charge < -0.3 is 15.2 Å². The van der Waals surface area contributed by atoms with Crippen molar-refractivity contribution in [3.05, 3.63) is 64.7 Å². The number of rotatable bonds is 7. The average molecular weight is 416 g/mol. The van der Waals surface area contributed by atoms with Crippen molar-refractivity contribution >= 4 is 32.5 Å². The highest BCUT2D eigenvalue weighted by Crippen LogP contribution is 2.13. The number of para-hydroxylation sites is 1. The van der Waals surface area contributed by atoms with Crippen LogP contribution in [0, 0.1) is 0 Å². The number of nitrogens with one attached hydrogen (secondary N) is 3. The van der Waals surface area contributed by atoms with Gasteiger partial charge in [-0.3, -0.25) is 9.59 Å². The molecule has 3 rings (SSSR count). The fourth-order valence-electron chi connectivity index (χ4n) is 2.95. The van der Waals surface area contributed by atoms with E-state index in [1.165, 1.54) is 18.2 Å². The standard InChI is InChI=1S/C19H21N5O4S/c1-2-24(11-17-22-16-9-4-3-8-15(16)19(26)23-17)12-18(25)21-13-6-5-7-14(10-13)29(20,27)28/h3-10H,2,11-12H2,1H3,(H,21,25)(H2,20,27,28)(H,22,23,26)/p+1. The third-order valence-electron chi connectivity index (χ3n) is 4.44. The fourth-order valence-corrected chi connectivity index (χ4v) is 3.51. The zero-order valence-electron chi connectivity index (χ0n) is 15.8. The molecule has 0 fully saturated rings. The Balaban J connectivity index is 1.70. The van der Waals surface area contributed by atoms with Crippen LogP contribution in [-0.4, -0.2) is 37.4 Å². The molecule has 0 spiro atoms. The SMILES string of the molecule is CC[NH+](CC(=O)Nc1cccc(S(N)(=O)=O)c1)Cc1nc2ccccc2c(=O)[nH]1. The molecule has 0 aliphatic carbocycles. The lowest BCUT2D eigenvalue weighted by atomic mass is 10.2. The van der Waals surface area contributed by atoms with E-state index < -0.39 is 10.0 Å². The molecule has 0 saturated heterocycles. The number of fused-ring (bicyclic) bond motifs is 1. The number of benzene rings is 2. The third-order valence-corrected chi connectivity index (χ3v) is 5.35. The number of hydrogen-bond acceptors (Lipinski definition) is 5. The number of carbonyl (C=O) groups is 1. The Morgan fingerprint density at radius 1 is 1.21 bits per heavy atom. The quantitative estimate of drug-likeness (QED) is 0.416. The van der Waals surface area contributed by atoms with Crippen LogP contribution in [0.3, 0.4) is 0 Å². The van der Waals surface area contributed by atoms with E-state index in [0.29, 0.717) is 35.5 Å². The van der Waals surface area contributed by atoms with Gasteiger partial charge in [0.25, 0.3) is 11.5 Å². The minimum atomic E-state index is -3.85. The maximum Gasteiger partial charge on any atom is 0.279 e. The molecule has 2 aromatic carbocycles. The molecule has 1 amide bonds. The van der Waals surface area contributed by atoms with Gasteiger partial charge >= 0.3 is 0 Å². The number of hydrogen-bond donors (Lipinski definition) is 4. The molecule has 1 heterocycles.